The number of anilines is 2. The van der Waals surface area contributed by atoms with Gasteiger partial charge in [0.25, 0.3) is 0 Å². The first-order valence-corrected chi connectivity index (χ1v) is 4.37. The van der Waals surface area contributed by atoms with E-state index in [1.165, 1.54) is 0 Å². The second-order valence-electron chi connectivity index (χ2n) is 2.82. The zero-order valence-corrected chi connectivity index (χ0v) is 8.19. The van der Waals surface area contributed by atoms with Gasteiger partial charge in [-0.15, -0.1) is 0 Å². The highest BCUT2D eigenvalue weighted by Crippen LogP contribution is 2.16. The first-order valence-electron chi connectivity index (χ1n) is 4.37. The predicted molar refractivity (Wildman–Crippen MR) is 55.0 cm³/mol. The Bertz CT molecular complexity index is 291. The molecule has 0 atom stereocenters. The van der Waals surface area contributed by atoms with Gasteiger partial charge in [-0.05, 0) is 6.07 Å². The Morgan fingerprint density at radius 2 is 2.07 bits per heavy atom. The maximum absolute atomic E-state index is 5.51. The van der Waals surface area contributed by atoms with Crippen molar-refractivity contribution in [3.63, 3.8) is 0 Å². The van der Waals surface area contributed by atoms with Crippen molar-refractivity contribution in [3.8, 4) is 5.88 Å². The maximum Gasteiger partial charge on any atom is 0.215 e. The van der Waals surface area contributed by atoms with Crippen LogP contribution < -0.4 is 16.2 Å². The fourth-order valence-corrected chi connectivity index (χ4v) is 0.927. The third kappa shape index (κ3) is 3.10. The molecule has 0 aliphatic carbocycles. The molecule has 1 rings (SSSR count). The molecule has 0 aliphatic heterocycles. The molecular weight excluding hydrogens is 182 g/mol. The van der Waals surface area contributed by atoms with E-state index < -0.39 is 0 Å². The van der Waals surface area contributed by atoms with E-state index in [2.05, 4.69) is 4.98 Å². The van der Waals surface area contributed by atoms with Crippen molar-refractivity contribution in [3.05, 3.63) is 12.1 Å². The zero-order chi connectivity index (χ0) is 10.4. The van der Waals surface area contributed by atoms with Gasteiger partial charge in [-0.2, -0.15) is 4.98 Å². The lowest BCUT2D eigenvalue weighted by Crippen LogP contribution is -2.04. The van der Waals surface area contributed by atoms with Crippen LogP contribution in [-0.2, 0) is 4.74 Å². The molecule has 0 unspecified atom stereocenters. The molecule has 0 spiro atoms. The number of ether oxygens (including phenoxy) is 2. The molecule has 78 valence electrons. The molecule has 0 radical (unpaired) electrons. The van der Waals surface area contributed by atoms with Crippen LogP contribution in [0.5, 0.6) is 5.88 Å². The first kappa shape index (κ1) is 10.6. The van der Waals surface area contributed by atoms with Crippen LogP contribution in [0, 0.1) is 0 Å². The molecule has 0 amide bonds. The minimum Gasteiger partial charge on any atom is -0.478 e. The minimum atomic E-state index is 0.300. The van der Waals surface area contributed by atoms with Gasteiger partial charge >= 0.3 is 0 Å². The summed E-state index contributed by atoms with van der Waals surface area (Å²) in [5.41, 5.74) is 11.5. The molecule has 14 heavy (non-hydrogen) atoms. The molecule has 0 fully saturated rings. The van der Waals surface area contributed by atoms with E-state index in [1.807, 2.05) is 0 Å². The van der Waals surface area contributed by atoms with Gasteiger partial charge in [-0.1, -0.05) is 0 Å². The van der Waals surface area contributed by atoms with Crippen molar-refractivity contribution < 1.29 is 9.47 Å². The van der Waals surface area contributed by atoms with Gasteiger partial charge in [0, 0.05) is 26.2 Å². The average Bonchev–Trinajstić information content (AvgIpc) is 2.18. The van der Waals surface area contributed by atoms with Crippen LogP contribution in [-0.4, -0.2) is 25.3 Å². The largest absolute Gasteiger partial charge is 0.478 e. The molecule has 5 nitrogen and oxygen atoms in total. The Hall–Kier alpha value is -1.49. The summed E-state index contributed by atoms with van der Waals surface area (Å²) in [5.74, 6) is 0.794. The minimum absolute atomic E-state index is 0.300. The smallest absolute Gasteiger partial charge is 0.215 e. The normalized spacial score (nSPS) is 10.1. The summed E-state index contributed by atoms with van der Waals surface area (Å²) < 4.78 is 10.2. The summed E-state index contributed by atoms with van der Waals surface area (Å²) in [5, 5.41) is 0. The fourth-order valence-electron chi connectivity index (χ4n) is 0.927. The highest BCUT2D eigenvalue weighted by molar-refractivity contribution is 5.58. The van der Waals surface area contributed by atoms with Crippen LogP contribution in [0.15, 0.2) is 12.1 Å². The van der Waals surface area contributed by atoms with Gasteiger partial charge in [0.2, 0.25) is 5.88 Å². The van der Waals surface area contributed by atoms with Gasteiger partial charge in [0.15, 0.2) is 5.82 Å². The van der Waals surface area contributed by atoms with Crippen molar-refractivity contribution in [2.24, 2.45) is 0 Å². The summed E-state index contributed by atoms with van der Waals surface area (Å²) in [6.45, 7) is 1.23. The van der Waals surface area contributed by atoms with Crippen LogP contribution in [0.25, 0.3) is 0 Å². The first-order chi connectivity index (χ1) is 6.74. The topological polar surface area (TPSA) is 83.4 Å². The summed E-state index contributed by atoms with van der Waals surface area (Å²) in [4.78, 5) is 3.96. The van der Waals surface area contributed by atoms with E-state index in [0.717, 1.165) is 6.42 Å². The van der Waals surface area contributed by atoms with Crippen LogP contribution >= 0.6 is 0 Å². The molecule has 0 aromatic carbocycles. The molecule has 4 N–H and O–H groups in total. The molecule has 1 heterocycles. The fraction of sp³-hybridized carbons (Fsp3) is 0.444. The SMILES string of the molecule is COCCCOc1ccc(N)c(N)n1. The second-order valence-corrected chi connectivity index (χ2v) is 2.82. The highest BCUT2D eigenvalue weighted by atomic mass is 16.5. The number of nitrogens with zero attached hydrogens (tertiary/aromatic N) is 1. The molecule has 5 heteroatoms. The van der Waals surface area contributed by atoms with Crippen LogP contribution in [0.2, 0.25) is 0 Å². The third-order valence-corrected chi connectivity index (χ3v) is 1.67. The standard InChI is InChI=1S/C9H15N3O2/c1-13-5-2-6-14-8-4-3-7(10)9(11)12-8/h3-4H,2,5-6,10H2,1H3,(H2,11,12). The van der Waals surface area contributed by atoms with Crippen LogP contribution in [0.1, 0.15) is 6.42 Å². The van der Waals surface area contributed by atoms with E-state index >= 15 is 0 Å². The summed E-state index contributed by atoms with van der Waals surface area (Å²) in [6, 6.07) is 3.37. The summed E-state index contributed by atoms with van der Waals surface area (Å²) >= 11 is 0. The Labute approximate surface area is 83.0 Å². The Kier molecular flexibility index (Phi) is 4.00. The molecule has 1 aromatic heterocycles. The second kappa shape index (κ2) is 5.29. The van der Waals surface area contributed by atoms with E-state index in [0.29, 0.717) is 30.6 Å². The van der Waals surface area contributed by atoms with Crippen molar-refractivity contribution in [2.45, 2.75) is 6.42 Å². The number of aromatic nitrogens is 1. The number of nitrogen functional groups attached to an aromatic ring is 2. The quantitative estimate of drug-likeness (QED) is 0.677. The Balaban J connectivity index is 2.39. The lowest BCUT2D eigenvalue weighted by Gasteiger charge is -2.06. The molecule has 0 bridgehead atoms. The van der Waals surface area contributed by atoms with E-state index in [4.69, 9.17) is 20.9 Å². The number of rotatable bonds is 5. The zero-order valence-electron chi connectivity index (χ0n) is 8.19. The number of pyridine rings is 1. The monoisotopic (exact) mass is 197 g/mol. The van der Waals surface area contributed by atoms with Gasteiger partial charge in [-0.25, -0.2) is 0 Å². The summed E-state index contributed by atoms with van der Waals surface area (Å²) in [6.07, 6.45) is 0.822. The number of hydrogen-bond acceptors (Lipinski definition) is 5. The van der Waals surface area contributed by atoms with Crippen LogP contribution in [0.3, 0.4) is 0 Å². The number of nitrogens with two attached hydrogens (primary N) is 2. The summed E-state index contributed by atoms with van der Waals surface area (Å²) in [7, 11) is 1.65. The molecule has 0 saturated heterocycles. The lowest BCUT2D eigenvalue weighted by atomic mass is 10.4. The van der Waals surface area contributed by atoms with E-state index in [1.54, 1.807) is 19.2 Å². The van der Waals surface area contributed by atoms with Gasteiger partial charge in [0.05, 0.1) is 12.3 Å². The molecule has 0 saturated carbocycles. The van der Waals surface area contributed by atoms with Crippen molar-refractivity contribution >= 4 is 11.5 Å². The van der Waals surface area contributed by atoms with Gasteiger partial charge in [0.1, 0.15) is 0 Å². The predicted octanol–water partition coefficient (Wildman–Crippen LogP) is 0.661. The van der Waals surface area contributed by atoms with Gasteiger partial charge < -0.3 is 20.9 Å². The average molecular weight is 197 g/mol. The van der Waals surface area contributed by atoms with Gasteiger partial charge in [-0.3, -0.25) is 0 Å². The third-order valence-electron chi connectivity index (χ3n) is 1.67. The van der Waals surface area contributed by atoms with Crippen LogP contribution in [0.4, 0.5) is 11.5 Å². The van der Waals surface area contributed by atoms with Crippen molar-refractivity contribution in [1.29, 1.82) is 0 Å². The highest BCUT2D eigenvalue weighted by Gasteiger charge is 1.99. The van der Waals surface area contributed by atoms with E-state index in [9.17, 15) is 0 Å². The molecule has 1 aromatic rings. The number of methoxy groups -OCH3 is 1. The van der Waals surface area contributed by atoms with Crippen molar-refractivity contribution in [1.82, 2.24) is 4.98 Å². The molecule has 0 aliphatic rings. The Morgan fingerprint density at radius 3 is 2.71 bits per heavy atom. The number of hydrogen-bond donors (Lipinski definition) is 2. The molecular formula is C9H15N3O2. The Morgan fingerprint density at radius 1 is 1.29 bits per heavy atom. The maximum atomic E-state index is 5.51. The lowest BCUT2D eigenvalue weighted by molar-refractivity contribution is 0.170. The van der Waals surface area contributed by atoms with Crippen molar-refractivity contribution in [2.75, 3.05) is 31.8 Å². The van der Waals surface area contributed by atoms with E-state index in [-0.39, 0.29) is 0 Å².